The average molecular weight is 270 g/mol. The molecule has 3 nitrogen and oxygen atoms in total. The molecule has 0 bridgehead atoms. The number of amides is 1. The summed E-state index contributed by atoms with van der Waals surface area (Å²) in [6.07, 6.45) is 0. The second-order valence-corrected chi connectivity index (χ2v) is 6.24. The number of fused-ring (bicyclic) bond motifs is 1. The quantitative estimate of drug-likeness (QED) is 0.901. The van der Waals surface area contributed by atoms with Gasteiger partial charge in [0.15, 0.2) is 0 Å². The molecule has 0 saturated heterocycles. The SMILES string of the molecule is CC(C)(C)[C@H](N)C(=O)NCc1ccc2ccccc2c1. The molecule has 0 spiro atoms. The Hall–Kier alpha value is -1.87. The van der Waals surface area contributed by atoms with Crippen molar-refractivity contribution >= 4 is 16.7 Å². The van der Waals surface area contributed by atoms with E-state index in [9.17, 15) is 4.79 Å². The van der Waals surface area contributed by atoms with Crippen molar-refractivity contribution in [1.29, 1.82) is 0 Å². The molecule has 0 unspecified atom stereocenters. The van der Waals surface area contributed by atoms with E-state index in [0.717, 1.165) is 5.56 Å². The van der Waals surface area contributed by atoms with Gasteiger partial charge in [-0.05, 0) is 27.8 Å². The number of benzene rings is 2. The molecule has 2 aromatic rings. The Labute approximate surface area is 120 Å². The van der Waals surface area contributed by atoms with Crippen molar-refractivity contribution in [3.05, 3.63) is 48.0 Å². The molecule has 0 aromatic heterocycles. The molecular weight excluding hydrogens is 248 g/mol. The highest BCUT2D eigenvalue weighted by Crippen LogP contribution is 2.18. The maximum atomic E-state index is 12.0. The van der Waals surface area contributed by atoms with Crippen LogP contribution in [-0.4, -0.2) is 11.9 Å². The van der Waals surface area contributed by atoms with Crippen molar-refractivity contribution in [1.82, 2.24) is 5.32 Å². The first-order chi connectivity index (χ1) is 9.38. The number of rotatable bonds is 3. The highest BCUT2D eigenvalue weighted by atomic mass is 16.2. The first kappa shape index (κ1) is 14.5. The van der Waals surface area contributed by atoms with E-state index in [2.05, 4.69) is 29.6 Å². The summed E-state index contributed by atoms with van der Waals surface area (Å²) in [5, 5.41) is 5.29. The van der Waals surface area contributed by atoms with Crippen LogP contribution in [0.2, 0.25) is 0 Å². The van der Waals surface area contributed by atoms with Gasteiger partial charge >= 0.3 is 0 Å². The fourth-order valence-electron chi connectivity index (χ4n) is 2.04. The van der Waals surface area contributed by atoms with Gasteiger partial charge in [-0.15, -0.1) is 0 Å². The number of carbonyl (C=O) groups excluding carboxylic acids is 1. The van der Waals surface area contributed by atoms with Crippen LogP contribution >= 0.6 is 0 Å². The van der Waals surface area contributed by atoms with E-state index in [0.29, 0.717) is 6.54 Å². The van der Waals surface area contributed by atoms with Crippen molar-refractivity contribution in [3.63, 3.8) is 0 Å². The Morgan fingerprint density at radius 2 is 1.80 bits per heavy atom. The molecule has 1 atom stereocenters. The highest BCUT2D eigenvalue weighted by Gasteiger charge is 2.26. The summed E-state index contributed by atoms with van der Waals surface area (Å²) in [6.45, 7) is 6.40. The zero-order chi connectivity index (χ0) is 14.8. The Kier molecular flexibility index (Phi) is 4.09. The van der Waals surface area contributed by atoms with Gasteiger partial charge < -0.3 is 11.1 Å². The third-order valence-corrected chi connectivity index (χ3v) is 3.50. The average Bonchev–Trinajstić information content (AvgIpc) is 2.42. The van der Waals surface area contributed by atoms with Gasteiger partial charge in [-0.2, -0.15) is 0 Å². The first-order valence-electron chi connectivity index (χ1n) is 6.89. The number of nitrogens with one attached hydrogen (secondary N) is 1. The van der Waals surface area contributed by atoms with Gasteiger partial charge in [-0.25, -0.2) is 0 Å². The van der Waals surface area contributed by atoms with Gasteiger partial charge in [-0.3, -0.25) is 4.79 Å². The van der Waals surface area contributed by atoms with Gasteiger partial charge in [-0.1, -0.05) is 57.2 Å². The molecule has 0 saturated carbocycles. The third kappa shape index (κ3) is 3.36. The Morgan fingerprint density at radius 1 is 1.15 bits per heavy atom. The van der Waals surface area contributed by atoms with Crippen LogP contribution in [0.3, 0.4) is 0 Å². The van der Waals surface area contributed by atoms with Gasteiger partial charge in [0.1, 0.15) is 0 Å². The van der Waals surface area contributed by atoms with Crippen molar-refractivity contribution in [2.45, 2.75) is 33.4 Å². The minimum atomic E-state index is -0.497. The van der Waals surface area contributed by atoms with Gasteiger partial charge in [0.05, 0.1) is 6.04 Å². The second-order valence-electron chi connectivity index (χ2n) is 6.24. The number of nitrogens with two attached hydrogens (primary N) is 1. The summed E-state index contributed by atoms with van der Waals surface area (Å²) in [6, 6.07) is 13.9. The molecule has 0 aliphatic carbocycles. The van der Waals surface area contributed by atoms with Crippen LogP contribution in [0.15, 0.2) is 42.5 Å². The summed E-state index contributed by atoms with van der Waals surface area (Å²) in [4.78, 5) is 12.0. The van der Waals surface area contributed by atoms with Crippen molar-refractivity contribution in [2.75, 3.05) is 0 Å². The van der Waals surface area contributed by atoms with Gasteiger partial charge in [0.25, 0.3) is 0 Å². The molecule has 0 aliphatic rings. The summed E-state index contributed by atoms with van der Waals surface area (Å²) >= 11 is 0. The van der Waals surface area contributed by atoms with Crippen molar-refractivity contribution < 1.29 is 4.79 Å². The Bertz CT molecular complexity index is 614. The van der Waals surface area contributed by atoms with Crippen LogP contribution in [0.4, 0.5) is 0 Å². The lowest BCUT2D eigenvalue weighted by Crippen LogP contribution is -2.48. The van der Waals surface area contributed by atoms with Gasteiger partial charge in [0.2, 0.25) is 5.91 Å². The molecule has 0 aliphatic heterocycles. The third-order valence-electron chi connectivity index (χ3n) is 3.50. The largest absolute Gasteiger partial charge is 0.351 e. The summed E-state index contributed by atoms with van der Waals surface area (Å²) in [5.41, 5.74) is 6.79. The van der Waals surface area contributed by atoms with E-state index >= 15 is 0 Å². The molecular formula is C17H22N2O. The van der Waals surface area contributed by atoms with E-state index in [1.807, 2.05) is 39.0 Å². The van der Waals surface area contributed by atoms with Crippen molar-refractivity contribution in [2.24, 2.45) is 11.1 Å². The maximum Gasteiger partial charge on any atom is 0.237 e. The molecule has 3 heteroatoms. The van der Waals surface area contributed by atoms with Crippen LogP contribution in [0.1, 0.15) is 26.3 Å². The minimum Gasteiger partial charge on any atom is -0.351 e. The molecule has 0 heterocycles. The van der Waals surface area contributed by atoms with Crippen LogP contribution < -0.4 is 11.1 Å². The lowest BCUT2D eigenvalue weighted by molar-refractivity contribution is -0.124. The molecule has 2 aromatic carbocycles. The van der Waals surface area contributed by atoms with E-state index in [1.54, 1.807) is 0 Å². The second kappa shape index (κ2) is 5.63. The standard InChI is InChI=1S/C17H22N2O/c1-17(2,3)15(18)16(20)19-11-12-8-9-13-6-4-5-7-14(13)10-12/h4-10,15H,11,18H2,1-3H3,(H,19,20)/t15-/m1/s1. The molecule has 20 heavy (non-hydrogen) atoms. The van der Waals surface area contributed by atoms with E-state index in [1.165, 1.54) is 10.8 Å². The number of hydrogen-bond acceptors (Lipinski definition) is 2. The topological polar surface area (TPSA) is 55.1 Å². The molecule has 1 amide bonds. The minimum absolute atomic E-state index is 0.106. The highest BCUT2D eigenvalue weighted by molar-refractivity contribution is 5.84. The van der Waals surface area contributed by atoms with Crippen LogP contribution in [0.5, 0.6) is 0 Å². The maximum absolute atomic E-state index is 12.0. The fourth-order valence-corrected chi connectivity index (χ4v) is 2.04. The predicted molar refractivity (Wildman–Crippen MR) is 83.2 cm³/mol. The van der Waals surface area contributed by atoms with Crippen LogP contribution in [0, 0.1) is 5.41 Å². The molecule has 3 N–H and O–H groups in total. The Balaban J connectivity index is 2.04. The number of carbonyl (C=O) groups is 1. The lowest BCUT2D eigenvalue weighted by atomic mass is 9.87. The number of hydrogen-bond donors (Lipinski definition) is 2. The smallest absolute Gasteiger partial charge is 0.237 e. The van der Waals surface area contributed by atoms with Crippen molar-refractivity contribution in [3.8, 4) is 0 Å². The summed E-state index contributed by atoms with van der Waals surface area (Å²) in [7, 11) is 0. The van der Waals surface area contributed by atoms with Gasteiger partial charge in [0, 0.05) is 6.54 Å². The van der Waals surface area contributed by atoms with E-state index < -0.39 is 6.04 Å². The van der Waals surface area contributed by atoms with Crippen LogP contribution in [0.25, 0.3) is 10.8 Å². The molecule has 0 radical (unpaired) electrons. The fraction of sp³-hybridized carbons (Fsp3) is 0.353. The zero-order valence-electron chi connectivity index (χ0n) is 12.3. The molecule has 2 rings (SSSR count). The lowest BCUT2D eigenvalue weighted by Gasteiger charge is -2.25. The summed E-state index contributed by atoms with van der Waals surface area (Å²) < 4.78 is 0. The zero-order valence-corrected chi connectivity index (χ0v) is 12.3. The van der Waals surface area contributed by atoms with E-state index in [4.69, 9.17) is 5.73 Å². The van der Waals surface area contributed by atoms with E-state index in [-0.39, 0.29) is 11.3 Å². The monoisotopic (exact) mass is 270 g/mol. The normalized spacial score (nSPS) is 13.2. The first-order valence-corrected chi connectivity index (χ1v) is 6.89. The predicted octanol–water partition coefficient (Wildman–Crippen LogP) is 2.83. The van der Waals surface area contributed by atoms with Crippen LogP contribution in [-0.2, 0) is 11.3 Å². The summed E-state index contributed by atoms with van der Waals surface area (Å²) in [5.74, 6) is -0.106. The molecule has 106 valence electrons. The molecule has 0 fully saturated rings. The Morgan fingerprint density at radius 3 is 2.45 bits per heavy atom.